The summed E-state index contributed by atoms with van der Waals surface area (Å²) in [6.07, 6.45) is 5.58. The molecule has 1 aromatic rings. The van der Waals surface area contributed by atoms with Gasteiger partial charge in [-0.2, -0.15) is 8.42 Å². The maximum absolute atomic E-state index is 9.19. The van der Waals surface area contributed by atoms with E-state index in [0.717, 1.165) is 32.0 Å². The van der Waals surface area contributed by atoms with Crippen molar-refractivity contribution in [2.45, 2.75) is 45.2 Å². The first-order valence-corrected chi connectivity index (χ1v) is 10.3. The summed E-state index contributed by atoms with van der Waals surface area (Å²) in [6, 6.07) is 5.34. The Bertz CT molecular complexity index is 592. The van der Waals surface area contributed by atoms with E-state index < -0.39 is 10.1 Å². The van der Waals surface area contributed by atoms with E-state index in [1.165, 1.54) is 34.0 Å². The molecule has 2 N–H and O–H groups in total. The van der Waals surface area contributed by atoms with Gasteiger partial charge in [-0.15, -0.1) is 0 Å². The molecule has 7 heteroatoms. The maximum atomic E-state index is 9.19. The normalized spacial score (nSPS) is 14.3. The molecule has 0 aromatic heterocycles. The highest BCUT2D eigenvalue weighted by Crippen LogP contribution is 2.25. The monoisotopic (exact) mass is 407 g/mol. The number of nitrogens with one attached hydrogen (secondary N) is 1. The van der Waals surface area contributed by atoms with Gasteiger partial charge in [0.2, 0.25) is 0 Å². The quantitative estimate of drug-likeness (QED) is 0.536. The highest BCUT2D eigenvalue weighted by atomic mass is 79.9. The topological polar surface area (TPSA) is 75.6 Å². The van der Waals surface area contributed by atoms with Crippen LogP contribution in [0.5, 0.6) is 0 Å². The Morgan fingerprint density at radius 1 is 1.39 bits per heavy atom. The molecular weight excluding hydrogens is 382 g/mol. The molecular formula is C16H26BrNO4S. The second kappa shape index (κ2) is 9.74. The lowest BCUT2D eigenvalue weighted by Crippen LogP contribution is -2.15. The Hall–Kier alpha value is -0.470. The van der Waals surface area contributed by atoms with Crippen LogP contribution < -0.4 is 5.32 Å². The zero-order chi connectivity index (χ0) is 17.5. The molecule has 0 heterocycles. The standard InChI is InChI=1S/C15H22BrNO.CH4O3S/c1-11-13(4-3-7-18-2)8-12(9-15(11)16)10-17-14-5-6-14;1-5(2,3)4/h8-9,14,17H,3-7,10H2,1-2H3;1H3,(H,2,3,4). The molecule has 0 aliphatic heterocycles. The van der Waals surface area contributed by atoms with Crippen molar-refractivity contribution in [3.8, 4) is 0 Å². The minimum Gasteiger partial charge on any atom is -0.385 e. The zero-order valence-corrected chi connectivity index (χ0v) is 16.3. The number of methoxy groups -OCH3 is 1. The molecule has 1 aliphatic carbocycles. The van der Waals surface area contributed by atoms with Gasteiger partial charge in [0.1, 0.15) is 0 Å². The number of hydrogen-bond donors (Lipinski definition) is 2. The second-order valence-corrected chi connectivity index (χ2v) is 8.17. The average molecular weight is 408 g/mol. The van der Waals surface area contributed by atoms with Crippen LogP contribution in [0.15, 0.2) is 16.6 Å². The summed E-state index contributed by atoms with van der Waals surface area (Å²) in [5, 5.41) is 3.57. The van der Waals surface area contributed by atoms with Gasteiger partial charge < -0.3 is 10.1 Å². The number of halogens is 1. The average Bonchev–Trinajstić information content (AvgIpc) is 3.24. The predicted octanol–water partition coefficient (Wildman–Crippen LogP) is 3.09. The molecule has 2 rings (SSSR count). The van der Waals surface area contributed by atoms with Crippen LogP contribution in [0.2, 0.25) is 0 Å². The fourth-order valence-electron chi connectivity index (χ4n) is 2.12. The molecule has 1 fully saturated rings. The van der Waals surface area contributed by atoms with Crippen LogP contribution in [0.1, 0.15) is 36.0 Å². The number of aryl methyl sites for hydroxylation is 1. The van der Waals surface area contributed by atoms with Crippen molar-refractivity contribution in [2.24, 2.45) is 0 Å². The molecule has 23 heavy (non-hydrogen) atoms. The van der Waals surface area contributed by atoms with Crippen molar-refractivity contribution >= 4 is 26.0 Å². The molecule has 0 unspecified atom stereocenters. The third-order valence-corrected chi connectivity index (χ3v) is 4.30. The van der Waals surface area contributed by atoms with Gasteiger partial charge in [-0.25, -0.2) is 0 Å². The molecule has 0 amide bonds. The highest BCUT2D eigenvalue weighted by molar-refractivity contribution is 9.10. The highest BCUT2D eigenvalue weighted by Gasteiger charge is 2.20. The van der Waals surface area contributed by atoms with Crippen molar-refractivity contribution in [3.05, 3.63) is 33.3 Å². The van der Waals surface area contributed by atoms with Gasteiger partial charge in [-0.05, 0) is 55.4 Å². The lowest BCUT2D eigenvalue weighted by molar-refractivity contribution is 0.195. The van der Waals surface area contributed by atoms with Crippen molar-refractivity contribution in [1.29, 1.82) is 0 Å². The number of benzene rings is 1. The summed E-state index contributed by atoms with van der Waals surface area (Å²) in [5.41, 5.74) is 4.18. The van der Waals surface area contributed by atoms with Gasteiger partial charge >= 0.3 is 0 Å². The van der Waals surface area contributed by atoms with E-state index in [4.69, 9.17) is 9.29 Å². The van der Waals surface area contributed by atoms with Crippen LogP contribution in [-0.2, 0) is 27.8 Å². The van der Waals surface area contributed by atoms with E-state index in [0.29, 0.717) is 6.26 Å². The van der Waals surface area contributed by atoms with E-state index >= 15 is 0 Å². The Labute approximate surface area is 147 Å². The maximum Gasteiger partial charge on any atom is 0.261 e. The van der Waals surface area contributed by atoms with E-state index in [9.17, 15) is 8.42 Å². The molecule has 1 aliphatic rings. The van der Waals surface area contributed by atoms with Crippen molar-refractivity contribution in [3.63, 3.8) is 0 Å². The lowest BCUT2D eigenvalue weighted by Gasteiger charge is -2.12. The van der Waals surface area contributed by atoms with E-state index in [-0.39, 0.29) is 0 Å². The number of rotatable bonds is 7. The number of ether oxygens (including phenoxy) is 1. The van der Waals surface area contributed by atoms with E-state index in [1.807, 2.05) is 0 Å². The van der Waals surface area contributed by atoms with Crippen molar-refractivity contribution < 1.29 is 17.7 Å². The van der Waals surface area contributed by atoms with Gasteiger partial charge in [-0.3, -0.25) is 4.55 Å². The van der Waals surface area contributed by atoms with Gasteiger partial charge in [0.25, 0.3) is 10.1 Å². The predicted molar refractivity (Wildman–Crippen MR) is 96.4 cm³/mol. The molecule has 0 saturated heterocycles. The first-order chi connectivity index (χ1) is 10.7. The Balaban J connectivity index is 0.000000463. The van der Waals surface area contributed by atoms with Gasteiger partial charge in [0.15, 0.2) is 0 Å². The van der Waals surface area contributed by atoms with Gasteiger partial charge in [0, 0.05) is 30.8 Å². The Morgan fingerprint density at radius 3 is 2.52 bits per heavy atom. The fraction of sp³-hybridized carbons (Fsp3) is 0.625. The molecule has 1 aromatic carbocycles. The largest absolute Gasteiger partial charge is 0.385 e. The van der Waals surface area contributed by atoms with E-state index in [1.54, 1.807) is 7.11 Å². The van der Waals surface area contributed by atoms with Crippen LogP contribution in [0.3, 0.4) is 0 Å². The number of hydrogen-bond acceptors (Lipinski definition) is 4. The minimum atomic E-state index is -3.67. The summed E-state index contributed by atoms with van der Waals surface area (Å²) >= 11 is 3.67. The van der Waals surface area contributed by atoms with Crippen LogP contribution in [0, 0.1) is 6.92 Å². The third kappa shape index (κ3) is 10.1. The molecule has 132 valence electrons. The lowest BCUT2D eigenvalue weighted by atomic mass is 10.0. The van der Waals surface area contributed by atoms with Crippen LogP contribution >= 0.6 is 15.9 Å². The smallest absolute Gasteiger partial charge is 0.261 e. The van der Waals surface area contributed by atoms with Crippen molar-refractivity contribution in [1.82, 2.24) is 5.32 Å². The molecule has 0 spiro atoms. The van der Waals surface area contributed by atoms with Gasteiger partial charge in [-0.1, -0.05) is 22.0 Å². The SMILES string of the molecule is COCCCc1cc(CNC2CC2)cc(Br)c1C.CS(=O)(=O)O. The van der Waals surface area contributed by atoms with Gasteiger partial charge in [0.05, 0.1) is 6.26 Å². The Morgan fingerprint density at radius 2 is 2.00 bits per heavy atom. The molecule has 5 nitrogen and oxygen atoms in total. The van der Waals surface area contributed by atoms with Crippen LogP contribution in [0.4, 0.5) is 0 Å². The first-order valence-electron chi connectivity index (χ1n) is 7.63. The summed E-state index contributed by atoms with van der Waals surface area (Å²) < 4.78 is 32.2. The molecule has 0 radical (unpaired) electrons. The summed E-state index contributed by atoms with van der Waals surface area (Å²) in [4.78, 5) is 0. The molecule has 1 saturated carbocycles. The minimum absolute atomic E-state index is 0.715. The van der Waals surface area contributed by atoms with E-state index in [2.05, 4.69) is 40.3 Å². The van der Waals surface area contributed by atoms with Crippen LogP contribution in [-0.4, -0.2) is 39.0 Å². The molecule has 0 atom stereocenters. The Kier molecular flexibility index (Phi) is 8.71. The zero-order valence-electron chi connectivity index (χ0n) is 13.9. The fourth-order valence-corrected chi connectivity index (χ4v) is 2.67. The summed E-state index contributed by atoms with van der Waals surface area (Å²) in [7, 11) is -1.90. The first kappa shape index (κ1) is 20.6. The van der Waals surface area contributed by atoms with Crippen molar-refractivity contribution in [2.75, 3.05) is 20.0 Å². The second-order valence-electron chi connectivity index (χ2n) is 5.85. The summed E-state index contributed by atoms with van der Waals surface area (Å²) in [5.74, 6) is 0. The summed E-state index contributed by atoms with van der Waals surface area (Å²) in [6.45, 7) is 4.01. The third-order valence-electron chi connectivity index (χ3n) is 3.48. The van der Waals surface area contributed by atoms with Crippen LogP contribution in [0.25, 0.3) is 0 Å². The molecule has 0 bridgehead atoms.